The van der Waals surface area contributed by atoms with Crippen molar-refractivity contribution in [2.45, 2.75) is 34.1 Å². The van der Waals surface area contributed by atoms with E-state index in [0.29, 0.717) is 43.3 Å². The number of ether oxygens (including phenoxy) is 4. The molecule has 2 N–H and O–H groups in total. The van der Waals surface area contributed by atoms with Gasteiger partial charge < -0.3 is 52.8 Å². The molecule has 5 aromatic carbocycles. The molecule has 2 saturated heterocycles. The number of carbonyl (C=O) groups is 2. The predicted octanol–water partition coefficient (Wildman–Crippen LogP) is 11.4. The van der Waals surface area contributed by atoms with Crippen LogP contribution >= 0.6 is 28.1 Å². The Kier molecular flexibility index (Phi) is 21.4. The number of nitrogens with one attached hydrogen (secondary N) is 2. The highest BCUT2D eigenvalue weighted by Crippen LogP contribution is 2.66. The molecule has 2 unspecified atom stereocenters. The lowest BCUT2D eigenvalue weighted by Gasteiger charge is -2.33. The fourth-order valence-electron chi connectivity index (χ4n) is 7.27. The van der Waals surface area contributed by atoms with E-state index in [-0.39, 0.29) is 19.0 Å². The molecule has 370 valence electrons. The van der Waals surface area contributed by atoms with Crippen LogP contribution < -0.4 is 38.8 Å². The third kappa shape index (κ3) is 15.2. The number of hydrogen-bond acceptors (Lipinski definition) is 11. The topological polar surface area (TPSA) is 134 Å². The molecule has 2 fully saturated rings. The molecule has 0 bridgehead atoms. The van der Waals surface area contributed by atoms with Crippen LogP contribution in [0.4, 0.5) is 28.4 Å². The zero-order valence-corrected chi connectivity index (χ0v) is 43.4. The summed E-state index contributed by atoms with van der Waals surface area (Å²) in [6.45, 7) is 19.6. The monoisotopic (exact) mass is 1010 g/mol. The molecule has 14 nitrogen and oxygen atoms in total. The summed E-state index contributed by atoms with van der Waals surface area (Å²) in [4.78, 5) is 22.4. The van der Waals surface area contributed by atoms with E-state index in [2.05, 4.69) is 86.9 Å². The van der Waals surface area contributed by atoms with Gasteiger partial charge in [0.25, 0.3) is 7.44 Å². The molecule has 0 aromatic heterocycles. The molecule has 2 heterocycles. The summed E-state index contributed by atoms with van der Waals surface area (Å²) in [5.74, 6) is 0.770. The van der Waals surface area contributed by atoms with E-state index in [0.717, 1.165) is 59.0 Å². The van der Waals surface area contributed by atoms with Crippen LogP contribution in [0.15, 0.2) is 158 Å². The maximum Gasteiger partial charge on any atom is 0.338 e. The number of esters is 2. The number of rotatable bonds is 17. The Morgan fingerprint density at radius 3 is 1.66 bits per heavy atom. The van der Waals surface area contributed by atoms with Gasteiger partial charge in [-0.1, -0.05) is 66.7 Å². The highest BCUT2D eigenvalue weighted by atomic mass is 32.1. The SMILES string of the molecule is C=C(CC(=O)OCC)P1(=O)N(c2ccc(C)cc2)CCN1c1ccc(OC)cc1.C=C=CC(=O)OCC.COc1ccc(N2CCN(c3ccc(C)cc3)P2OCCNC(=S)Nc2ccccc2)cc1. The molecule has 7 rings (SSSR count). The Bertz CT molecular complexity index is 2560. The Balaban J connectivity index is 0.000000227. The summed E-state index contributed by atoms with van der Waals surface area (Å²) in [5.41, 5.74) is 9.60. The molecule has 17 heteroatoms. The van der Waals surface area contributed by atoms with E-state index >= 15 is 0 Å². The van der Waals surface area contributed by atoms with Crippen molar-refractivity contribution in [3.8, 4) is 11.5 Å². The molecule has 0 amide bonds. The quantitative estimate of drug-likeness (QED) is 0.0228. The summed E-state index contributed by atoms with van der Waals surface area (Å²) < 4.78 is 49.5. The summed E-state index contributed by atoms with van der Waals surface area (Å²) in [6, 6.07) is 42.0. The lowest BCUT2D eigenvalue weighted by molar-refractivity contribution is -0.142. The second-order valence-corrected chi connectivity index (χ2v) is 20.4. The second kappa shape index (κ2) is 27.6. The molecular formula is C53H64N6O8P2S. The van der Waals surface area contributed by atoms with Gasteiger partial charge in [0.15, 0.2) is 5.11 Å². The first-order valence-electron chi connectivity index (χ1n) is 22.9. The van der Waals surface area contributed by atoms with E-state index in [1.807, 2.05) is 107 Å². The van der Waals surface area contributed by atoms with Gasteiger partial charge in [-0.15, -0.1) is 5.73 Å². The Hall–Kier alpha value is -6.59. The Morgan fingerprint density at radius 1 is 0.714 bits per heavy atom. The second-order valence-electron chi connectivity index (χ2n) is 15.6. The number of methoxy groups -OCH3 is 2. The largest absolute Gasteiger partial charge is 0.497 e. The number of hydrogen-bond donors (Lipinski definition) is 2. The lowest BCUT2D eigenvalue weighted by atomic mass is 10.2. The molecule has 5 aromatic rings. The van der Waals surface area contributed by atoms with Gasteiger partial charge in [0.2, 0.25) is 8.45 Å². The highest BCUT2D eigenvalue weighted by Gasteiger charge is 2.46. The van der Waals surface area contributed by atoms with Crippen LogP contribution in [-0.4, -0.2) is 83.8 Å². The minimum Gasteiger partial charge on any atom is -0.497 e. The number of anilines is 5. The maximum absolute atomic E-state index is 14.5. The Labute approximate surface area is 419 Å². The minimum absolute atomic E-state index is 0.0832. The number of carbonyl (C=O) groups excluding carboxylic acids is 2. The zero-order chi connectivity index (χ0) is 50.5. The van der Waals surface area contributed by atoms with Crippen LogP contribution in [0.25, 0.3) is 0 Å². The van der Waals surface area contributed by atoms with Crippen LogP contribution in [0, 0.1) is 13.8 Å². The van der Waals surface area contributed by atoms with Gasteiger partial charge in [0.1, 0.15) is 11.5 Å². The number of nitrogens with zero attached hydrogens (tertiary/aromatic N) is 4. The molecule has 2 atom stereocenters. The van der Waals surface area contributed by atoms with Gasteiger partial charge in [-0.25, -0.2) is 4.79 Å². The maximum atomic E-state index is 14.5. The summed E-state index contributed by atoms with van der Waals surface area (Å²) >= 11 is 5.41. The van der Waals surface area contributed by atoms with Gasteiger partial charge in [-0.3, -0.25) is 9.36 Å². The van der Waals surface area contributed by atoms with Crippen LogP contribution in [-0.2, 0) is 28.2 Å². The van der Waals surface area contributed by atoms with E-state index in [9.17, 15) is 14.2 Å². The van der Waals surface area contributed by atoms with Crippen molar-refractivity contribution in [2.24, 2.45) is 0 Å². The molecule has 0 saturated carbocycles. The Morgan fingerprint density at radius 2 is 1.19 bits per heavy atom. The molecule has 0 aliphatic carbocycles. The van der Waals surface area contributed by atoms with Crippen molar-refractivity contribution in [1.82, 2.24) is 5.32 Å². The first kappa shape index (κ1) is 54.4. The first-order valence-corrected chi connectivity index (χ1v) is 26.1. The van der Waals surface area contributed by atoms with Crippen LogP contribution in [0.5, 0.6) is 11.5 Å². The predicted molar refractivity (Wildman–Crippen MR) is 290 cm³/mol. The van der Waals surface area contributed by atoms with Gasteiger partial charge in [-0.05, 0) is 125 Å². The average Bonchev–Trinajstić information content (AvgIpc) is 3.96. The van der Waals surface area contributed by atoms with E-state index in [1.165, 1.54) is 11.3 Å². The molecular weight excluding hydrogens is 943 g/mol. The zero-order valence-electron chi connectivity index (χ0n) is 40.8. The number of thiocarbonyl (C=S) groups is 1. The smallest absolute Gasteiger partial charge is 0.338 e. The van der Waals surface area contributed by atoms with Crippen molar-refractivity contribution >= 4 is 73.6 Å². The van der Waals surface area contributed by atoms with Crippen molar-refractivity contribution in [3.63, 3.8) is 0 Å². The molecule has 0 spiro atoms. The molecule has 0 radical (unpaired) electrons. The van der Waals surface area contributed by atoms with Crippen molar-refractivity contribution in [1.29, 1.82) is 0 Å². The lowest BCUT2D eigenvalue weighted by Crippen LogP contribution is -2.31. The van der Waals surface area contributed by atoms with E-state index in [1.54, 1.807) is 28.1 Å². The van der Waals surface area contributed by atoms with E-state index < -0.39 is 21.9 Å². The summed E-state index contributed by atoms with van der Waals surface area (Å²) in [6.07, 6.45) is 1.07. The van der Waals surface area contributed by atoms with Gasteiger partial charge in [0.05, 0.1) is 46.5 Å². The van der Waals surface area contributed by atoms with Gasteiger partial charge >= 0.3 is 11.9 Å². The number of aryl methyl sites for hydroxylation is 2. The fourth-order valence-corrected chi connectivity index (χ4v) is 12.4. The summed E-state index contributed by atoms with van der Waals surface area (Å²) in [7, 11) is -1.02. The standard InChI is InChI=1S/C25H29N4O2PS.C22H27N2O4P.C6H8O2/c1-20-8-10-22(11-9-20)28-17-18-29(23-12-14-24(30-2)15-13-23)32(28)31-19-16-26-25(33)27-21-6-4-3-5-7-21;1-5-28-22(25)16-18(3)29(26)23(19-8-6-17(2)7-9-19)14-15-24(29)20-10-12-21(27-4)13-11-20;1-3-5-6(7)8-4-2/h3-15H,16-19H2,1-2H3,(H2,26,27,33);6-13H,3,5,14-16H2,1-2,4H3;5H,1,4H2,2H3. The minimum atomic E-state index is -3.31. The third-order valence-corrected chi connectivity index (χ3v) is 16.2. The van der Waals surface area contributed by atoms with Crippen molar-refractivity contribution in [2.75, 3.05) is 90.8 Å². The molecule has 70 heavy (non-hydrogen) atoms. The van der Waals surface area contributed by atoms with Crippen molar-refractivity contribution < 1.29 is 37.6 Å². The molecule has 2 aliphatic rings. The van der Waals surface area contributed by atoms with Gasteiger partial charge in [0, 0.05) is 66.5 Å². The van der Waals surface area contributed by atoms with Crippen LogP contribution in [0.1, 0.15) is 31.4 Å². The summed E-state index contributed by atoms with van der Waals surface area (Å²) in [5, 5.41) is 7.39. The average molecular weight is 1010 g/mol. The fraction of sp³-hybridized carbons (Fsp3) is 0.283. The molecule has 2 aliphatic heterocycles. The van der Waals surface area contributed by atoms with Crippen LogP contribution in [0.2, 0.25) is 0 Å². The van der Waals surface area contributed by atoms with Crippen LogP contribution in [0.3, 0.4) is 0 Å². The van der Waals surface area contributed by atoms with E-state index in [4.69, 9.17) is 31.0 Å². The first-order chi connectivity index (χ1) is 33.8. The highest BCUT2D eigenvalue weighted by molar-refractivity contribution is 7.80. The third-order valence-electron chi connectivity index (χ3n) is 10.7. The van der Waals surface area contributed by atoms with Gasteiger partial charge in [-0.2, -0.15) is 0 Å². The van der Waals surface area contributed by atoms with Crippen molar-refractivity contribution in [3.05, 3.63) is 169 Å². The number of benzene rings is 5. The normalized spacial score (nSPS) is 15.8. The number of para-hydroxylation sites is 1.